The lowest BCUT2D eigenvalue weighted by Crippen LogP contribution is -2.37. The second-order valence-electron chi connectivity index (χ2n) is 7.56. The van der Waals surface area contributed by atoms with Gasteiger partial charge in [-0.2, -0.15) is 13.8 Å². The molecule has 1 aromatic carbocycles. The number of halogens is 3. The molecular weight excluding hydrogens is 445 g/mol. The van der Waals surface area contributed by atoms with Crippen molar-refractivity contribution in [3.8, 4) is 0 Å². The van der Waals surface area contributed by atoms with E-state index in [4.69, 9.17) is 14.0 Å². The number of nitrogens with one attached hydrogen (secondary N) is 1. The maximum Gasteiger partial charge on any atom is 0.414 e. The largest absolute Gasteiger partial charge is 0.468 e. The monoisotopic (exact) mass is 468 g/mol. The lowest BCUT2D eigenvalue weighted by atomic mass is 10.2. The number of furan rings is 1. The average Bonchev–Trinajstić information content (AvgIpc) is 3.36. The number of amides is 2. The van der Waals surface area contributed by atoms with E-state index >= 15 is 0 Å². The number of nitrogens with zero attached hydrogens (tertiary/aromatic N) is 3. The van der Waals surface area contributed by atoms with Crippen molar-refractivity contribution < 1.29 is 36.8 Å². The van der Waals surface area contributed by atoms with Gasteiger partial charge in [-0.1, -0.05) is 0 Å². The fourth-order valence-electron chi connectivity index (χ4n) is 3.68. The molecular formula is C21H23F3N4O5. The molecule has 0 saturated carbocycles. The predicted octanol–water partition coefficient (Wildman–Crippen LogP) is 2.38. The normalized spacial score (nSPS) is 19.6. The summed E-state index contributed by atoms with van der Waals surface area (Å²) in [5.41, 5.74) is 0.643. The molecule has 2 fully saturated rings. The highest BCUT2D eigenvalue weighted by atomic mass is 19.3. The van der Waals surface area contributed by atoms with Crippen molar-refractivity contribution in [1.82, 2.24) is 10.4 Å². The zero-order chi connectivity index (χ0) is 23.4. The maximum absolute atomic E-state index is 15.0. The molecule has 178 valence electrons. The van der Waals surface area contributed by atoms with Crippen LogP contribution in [0.1, 0.15) is 5.76 Å². The Labute approximate surface area is 187 Å². The van der Waals surface area contributed by atoms with Crippen molar-refractivity contribution >= 4 is 23.4 Å². The summed E-state index contributed by atoms with van der Waals surface area (Å²) in [6, 6.07) is 8.04. The van der Waals surface area contributed by atoms with E-state index in [-0.39, 0.29) is 18.8 Å². The Balaban J connectivity index is 1.36. The predicted molar refractivity (Wildman–Crippen MR) is 110 cm³/mol. The highest BCUT2D eigenvalue weighted by Crippen LogP contribution is 2.28. The first-order valence-electron chi connectivity index (χ1n) is 10.4. The number of cyclic esters (lactones) is 1. The number of anilines is 2. The van der Waals surface area contributed by atoms with Gasteiger partial charge in [-0.15, -0.1) is 0 Å². The minimum absolute atomic E-state index is 0.000428. The van der Waals surface area contributed by atoms with E-state index in [1.807, 2.05) is 16.3 Å². The molecule has 0 aliphatic carbocycles. The maximum atomic E-state index is 15.0. The number of benzene rings is 1. The van der Waals surface area contributed by atoms with Crippen LogP contribution >= 0.6 is 0 Å². The van der Waals surface area contributed by atoms with Gasteiger partial charge in [0.25, 0.3) is 5.91 Å². The minimum Gasteiger partial charge on any atom is -0.468 e. The third-order valence-electron chi connectivity index (χ3n) is 5.33. The van der Waals surface area contributed by atoms with Gasteiger partial charge in [0, 0.05) is 19.6 Å². The molecule has 0 spiro atoms. The van der Waals surface area contributed by atoms with Gasteiger partial charge in [0.1, 0.15) is 17.7 Å². The molecule has 1 aromatic heterocycles. The lowest BCUT2D eigenvalue weighted by molar-refractivity contribution is -0.157. The molecule has 1 N–H and O–H groups in total. The molecule has 0 radical (unpaired) electrons. The Kier molecular flexibility index (Phi) is 7.04. The summed E-state index contributed by atoms with van der Waals surface area (Å²) < 4.78 is 50.0. The Hall–Kier alpha value is -3.25. The molecule has 2 aromatic rings. The first-order chi connectivity index (χ1) is 15.9. The van der Waals surface area contributed by atoms with E-state index in [0.717, 1.165) is 5.76 Å². The summed E-state index contributed by atoms with van der Waals surface area (Å²) >= 11 is 0. The molecule has 2 amide bonds. The van der Waals surface area contributed by atoms with Crippen LogP contribution in [0.4, 0.5) is 29.3 Å². The Bertz CT molecular complexity index is 975. The van der Waals surface area contributed by atoms with Gasteiger partial charge in [-0.3, -0.25) is 14.5 Å². The smallest absolute Gasteiger partial charge is 0.414 e. The number of hydroxylamine groups is 2. The lowest BCUT2D eigenvalue weighted by Gasteiger charge is -2.24. The highest BCUT2D eigenvalue weighted by molar-refractivity contribution is 5.90. The molecule has 2 aliphatic heterocycles. The molecule has 2 aliphatic rings. The molecule has 12 heteroatoms. The summed E-state index contributed by atoms with van der Waals surface area (Å²) in [5, 5.41) is 3.77. The molecule has 0 unspecified atom stereocenters. The van der Waals surface area contributed by atoms with Gasteiger partial charge in [-0.25, -0.2) is 9.18 Å². The highest BCUT2D eigenvalue weighted by Gasteiger charge is 2.33. The van der Waals surface area contributed by atoms with Crippen molar-refractivity contribution in [2.75, 3.05) is 49.1 Å². The van der Waals surface area contributed by atoms with Crippen LogP contribution in [0.2, 0.25) is 0 Å². The van der Waals surface area contributed by atoms with Gasteiger partial charge in [0.2, 0.25) is 0 Å². The van der Waals surface area contributed by atoms with Gasteiger partial charge in [0.05, 0.1) is 43.9 Å². The molecule has 2 saturated heterocycles. The van der Waals surface area contributed by atoms with Crippen molar-refractivity contribution in [1.29, 1.82) is 0 Å². The number of hydrogen-bond acceptors (Lipinski definition) is 7. The average molecular weight is 468 g/mol. The van der Waals surface area contributed by atoms with Gasteiger partial charge >= 0.3 is 12.5 Å². The molecule has 0 bridgehead atoms. The second kappa shape index (κ2) is 10.1. The minimum atomic E-state index is -3.15. The molecule has 3 heterocycles. The molecule has 1 atom stereocenters. The Morgan fingerprint density at radius 3 is 2.79 bits per heavy atom. The van der Waals surface area contributed by atoms with Crippen molar-refractivity contribution in [3.63, 3.8) is 0 Å². The van der Waals surface area contributed by atoms with Crippen LogP contribution in [0, 0.1) is 5.82 Å². The SMILES string of the molecule is O=C(NC[C@H]1CN(c2ccc(N3CCON(Cc4ccco4)CC3)c(F)c2)C(=O)O1)C(F)F. The number of alkyl halides is 2. The zero-order valence-electron chi connectivity index (χ0n) is 17.6. The van der Waals surface area contributed by atoms with Crippen molar-refractivity contribution in [3.05, 3.63) is 48.2 Å². The zero-order valence-corrected chi connectivity index (χ0v) is 17.6. The molecule has 33 heavy (non-hydrogen) atoms. The first kappa shape index (κ1) is 22.9. The van der Waals surface area contributed by atoms with Crippen LogP contribution in [0.15, 0.2) is 41.0 Å². The van der Waals surface area contributed by atoms with Gasteiger partial charge < -0.3 is 19.4 Å². The molecule has 9 nitrogen and oxygen atoms in total. The fraction of sp³-hybridized carbons (Fsp3) is 0.429. The number of carbonyl (C=O) groups excluding carboxylic acids is 2. The number of ether oxygens (including phenoxy) is 1. The first-order valence-corrected chi connectivity index (χ1v) is 10.4. The van der Waals surface area contributed by atoms with E-state index in [1.54, 1.807) is 29.5 Å². The Morgan fingerprint density at radius 2 is 2.06 bits per heavy atom. The van der Waals surface area contributed by atoms with E-state index < -0.39 is 30.3 Å². The van der Waals surface area contributed by atoms with E-state index in [9.17, 15) is 22.8 Å². The Morgan fingerprint density at radius 1 is 1.21 bits per heavy atom. The van der Waals surface area contributed by atoms with Crippen LogP contribution in [0.5, 0.6) is 0 Å². The van der Waals surface area contributed by atoms with Crippen molar-refractivity contribution in [2.45, 2.75) is 19.1 Å². The topological polar surface area (TPSA) is 87.5 Å². The number of rotatable bonds is 7. The van der Waals surface area contributed by atoms with E-state index in [2.05, 4.69) is 0 Å². The van der Waals surface area contributed by atoms with E-state index in [0.29, 0.717) is 38.5 Å². The summed E-state index contributed by atoms with van der Waals surface area (Å²) in [5.74, 6) is -1.19. The van der Waals surface area contributed by atoms with Gasteiger partial charge in [-0.05, 0) is 30.3 Å². The summed E-state index contributed by atoms with van der Waals surface area (Å²) in [6.07, 6.45) is -3.11. The van der Waals surface area contributed by atoms with Crippen LogP contribution in [0.3, 0.4) is 0 Å². The van der Waals surface area contributed by atoms with Crippen LogP contribution in [-0.4, -0.2) is 68.9 Å². The fourth-order valence-corrected chi connectivity index (χ4v) is 3.68. The summed E-state index contributed by atoms with van der Waals surface area (Å²) in [7, 11) is 0. The van der Waals surface area contributed by atoms with Crippen molar-refractivity contribution in [2.24, 2.45) is 0 Å². The third kappa shape index (κ3) is 5.57. The van der Waals surface area contributed by atoms with Crippen LogP contribution < -0.4 is 15.1 Å². The second-order valence-corrected chi connectivity index (χ2v) is 7.56. The number of hydrogen-bond donors (Lipinski definition) is 1. The van der Waals surface area contributed by atoms with Crippen LogP contribution in [0.25, 0.3) is 0 Å². The third-order valence-corrected chi connectivity index (χ3v) is 5.33. The summed E-state index contributed by atoms with van der Waals surface area (Å²) in [6.45, 7) is 2.13. The number of carbonyl (C=O) groups is 2. The quantitative estimate of drug-likeness (QED) is 0.668. The molecule has 4 rings (SSSR count). The standard InChI is InChI=1S/C21H23F3N4O5/c22-17-10-14(28-13-16(33-21(28)30)11-25-20(29)19(23)24)3-4-18(17)26-5-6-27(32-9-7-26)12-15-2-1-8-31-15/h1-4,8,10,16,19H,5-7,9,11-13H2,(H,25,29)/t16-/m0/s1. The van der Waals surface area contributed by atoms with Crippen LogP contribution in [-0.2, 0) is 20.9 Å². The van der Waals surface area contributed by atoms with Gasteiger partial charge in [0.15, 0.2) is 0 Å². The van der Waals surface area contributed by atoms with E-state index in [1.165, 1.54) is 11.0 Å². The summed E-state index contributed by atoms with van der Waals surface area (Å²) in [4.78, 5) is 31.9.